The van der Waals surface area contributed by atoms with Gasteiger partial charge in [0.15, 0.2) is 0 Å². The van der Waals surface area contributed by atoms with Crippen molar-refractivity contribution in [2.24, 2.45) is 5.73 Å². The van der Waals surface area contributed by atoms with Crippen LogP contribution in [0.15, 0.2) is 60.7 Å². The molecule has 0 fully saturated rings. The van der Waals surface area contributed by atoms with Gasteiger partial charge in [0.2, 0.25) is 0 Å². The van der Waals surface area contributed by atoms with Gasteiger partial charge in [-0.25, -0.2) is 0 Å². The highest BCUT2D eigenvalue weighted by Crippen LogP contribution is 2.06. The molecule has 0 aromatic carbocycles. The minimum atomic E-state index is -0.0472. The van der Waals surface area contributed by atoms with Crippen LogP contribution in [0.1, 0.15) is 33.3 Å². The summed E-state index contributed by atoms with van der Waals surface area (Å²) in [6.45, 7) is 13.7. The van der Waals surface area contributed by atoms with Crippen LogP contribution >= 0.6 is 0 Å². The monoisotopic (exact) mass is 331 g/mol. The van der Waals surface area contributed by atoms with Gasteiger partial charge in [-0.1, -0.05) is 32.6 Å². The molecule has 0 aliphatic carbocycles. The van der Waals surface area contributed by atoms with E-state index < -0.39 is 0 Å². The van der Waals surface area contributed by atoms with E-state index in [9.17, 15) is 0 Å². The predicted molar refractivity (Wildman–Crippen MR) is 104 cm³/mol. The molecular weight excluding hydrogens is 298 g/mol. The first-order valence-electron chi connectivity index (χ1n) is 8.48. The number of rotatable bonds is 9. The summed E-state index contributed by atoms with van der Waals surface area (Å²) in [6, 6.07) is 3.96. The van der Waals surface area contributed by atoms with Gasteiger partial charge < -0.3 is 15.4 Å². The van der Waals surface area contributed by atoms with Crippen LogP contribution in [-0.4, -0.2) is 36.1 Å². The average molecular weight is 332 g/mol. The lowest BCUT2D eigenvalue weighted by Crippen LogP contribution is -2.38. The molecule has 0 aliphatic heterocycles. The van der Waals surface area contributed by atoms with Crippen molar-refractivity contribution < 1.29 is 4.74 Å². The van der Waals surface area contributed by atoms with Crippen LogP contribution in [0.5, 0.6) is 0 Å². The Bertz CT molecular complexity index is 509. The molecule has 0 saturated carbocycles. The maximum absolute atomic E-state index is 6.14. The third-order valence-corrected chi connectivity index (χ3v) is 3.16. The second kappa shape index (κ2) is 13.5. The Morgan fingerprint density at radius 1 is 1.46 bits per heavy atom. The summed E-state index contributed by atoms with van der Waals surface area (Å²) in [4.78, 5) is 6.29. The molecule has 4 nitrogen and oxygen atoms in total. The maximum atomic E-state index is 6.14. The minimum Gasteiger partial charge on any atom is -0.492 e. The number of hydrogen-bond acceptors (Lipinski definition) is 4. The summed E-state index contributed by atoms with van der Waals surface area (Å²) in [5.41, 5.74) is 8.39. The van der Waals surface area contributed by atoms with Crippen LogP contribution in [0.3, 0.4) is 0 Å². The molecule has 0 saturated heterocycles. The summed E-state index contributed by atoms with van der Waals surface area (Å²) in [5.74, 6) is 0.822. The van der Waals surface area contributed by atoms with E-state index in [1.165, 1.54) is 5.56 Å². The van der Waals surface area contributed by atoms with E-state index in [2.05, 4.69) is 22.5 Å². The van der Waals surface area contributed by atoms with Gasteiger partial charge in [-0.2, -0.15) is 0 Å². The molecule has 1 rings (SSSR count). The Morgan fingerprint density at radius 3 is 2.71 bits per heavy atom. The highest BCUT2D eigenvalue weighted by Gasteiger charge is 2.08. The first-order chi connectivity index (χ1) is 11.5. The van der Waals surface area contributed by atoms with Crippen molar-refractivity contribution in [3.05, 3.63) is 66.2 Å². The summed E-state index contributed by atoms with van der Waals surface area (Å²) >= 11 is 0. The Labute approximate surface area is 147 Å². The van der Waals surface area contributed by atoms with E-state index in [-0.39, 0.29) is 6.04 Å². The first kappa shape index (κ1) is 22.1. The lowest BCUT2D eigenvalue weighted by atomic mass is 10.2. The van der Waals surface area contributed by atoms with Crippen molar-refractivity contribution in [2.45, 2.75) is 40.3 Å². The summed E-state index contributed by atoms with van der Waals surface area (Å²) in [5, 5.41) is 0. The molecule has 0 spiro atoms. The van der Waals surface area contributed by atoms with Gasteiger partial charge in [0, 0.05) is 25.5 Å². The molecule has 1 aromatic heterocycles. The van der Waals surface area contributed by atoms with Gasteiger partial charge >= 0.3 is 0 Å². The normalized spacial score (nSPS) is 13.1. The molecule has 0 radical (unpaired) electrons. The highest BCUT2D eigenvalue weighted by molar-refractivity contribution is 5.23. The number of ether oxygens (including phenoxy) is 1. The summed E-state index contributed by atoms with van der Waals surface area (Å²) in [7, 11) is 2.05. The lowest BCUT2D eigenvalue weighted by Gasteiger charge is -2.21. The minimum absolute atomic E-state index is 0.0472. The maximum Gasteiger partial charge on any atom is 0.115 e. The number of allylic oxidation sites excluding steroid dienone is 4. The number of likely N-dealkylation sites (N-methyl/N-ethyl adjacent to an activating group) is 1. The molecule has 1 atom stereocenters. The van der Waals surface area contributed by atoms with Crippen molar-refractivity contribution in [2.75, 3.05) is 20.2 Å². The summed E-state index contributed by atoms with van der Waals surface area (Å²) in [6.07, 6.45) is 9.34. The molecule has 134 valence electrons. The van der Waals surface area contributed by atoms with E-state index in [1.807, 2.05) is 59.2 Å². The molecule has 1 aromatic rings. The fourth-order valence-corrected chi connectivity index (χ4v) is 2.02. The standard InChI is InChI=1S/C18H27N3O.C2H6/c1-5-15(3)10-18(6-2)22-14-17(19)13-21(4)12-16-8-7-9-20-11-16;1-2/h5-11,17H,1,12-14,19H2,2-4H3;1-2H3/b15-10-,18-6+;. The van der Waals surface area contributed by atoms with Crippen molar-refractivity contribution in [1.29, 1.82) is 0 Å². The van der Waals surface area contributed by atoms with Crippen LogP contribution < -0.4 is 5.73 Å². The van der Waals surface area contributed by atoms with Crippen molar-refractivity contribution in [3.8, 4) is 0 Å². The molecule has 4 heteroatoms. The van der Waals surface area contributed by atoms with Crippen molar-refractivity contribution in [3.63, 3.8) is 0 Å². The van der Waals surface area contributed by atoms with Crippen LogP contribution in [0.4, 0.5) is 0 Å². The quantitative estimate of drug-likeness (QED) is 0.550. The Balaban J connectivity index is 0.00000254. The largest absolute Gasteiger partial charge is 0.492 e. The first-order valence-corrected chi connectivity index (χ1v) is 8.48. The Hall–Kier alpha value is -1.91. The Kier molecular flexibility index (Phi) is 12.4. The molecule has 1 heterocycles. The number of nitrogens with two attached hydrogens (primary N) is 1. The molecule has 24 heavy (non-hydrogen) atoms. The van der Waals surface area contributed by atoms with Crippen LogP contribution in [-0.2, 0) is 11.3 Å². The van der Waals surface area contributed by atoms with Gasteiger partial charge in [0.1, 0.15) is 12.4 Å². The van der Waals surface area contributed by atoms with E-state index in [0.717, 1.165) is 24.4 Å². The zero-order valence-electron chi connectivity index (χ0n) is 15.8. The van der Waals surface area contributed by atoms with Gasteiger partial charge in [-0.15, -0.1) is 0 Å². The highest BCUT2D eigenvalue weighted by atomic mass is 16.5. The summed E-state index contributed by atoms with van der Waals surface area (Å²) < 4.78 is 5.75. The second-order valence-electron chi connectivity index (χ2n) is 5.41. The topological polar surface area (TPSA) is 51.4 Å². The van der Waals surface area contributed by atoms with E-state index in [4.69, 9.17) is 10.5 Å². The van der Waals surface area contributed by atoms with Crippen LogP contribution in [0, 0.1) is 0 Å². The number of nitrogens with zero attached hydrogens (tertiary/aromatic N) is 2. The van der Waals surface area contributed by atoms with Gasteiger partial charge in [-0.05, 0) is 50.3 Å². The average Bonchev–Trinajstić information content (AvgIpc) is 2.60. The zero-order chi connectivity index (χ0) is 18.4. The van der Waals surface area contributed by atoms with Crippen molar-refractivity contribution in [1.82, 2.24) is 9.88 Å². The van der Waals surface area contributed by atoms with E-state index in [0.29, 0.717) is 6.61 Å². The fraction of sp³-hybridized carbons (Fsp3) is 0.450. The third-order valence-electron chi connectivity index (χ3n) is 3.16. The molecule has 1 unspecified atom stereocenters. The number of aromatic nitrogens is 1. The Morgan fingerprint density at radius 2 is 2.17 bits per heavy atom. The van der Waals surface area contributed by atoms with Gasteiger partial charge in [-0.3, -0.25) is 4.98 Å². The fourth-order valence-electron chi connectivity index (χ4n) is 2.02. The van der Waals surface area contributed by atoms with E-state index >= 15 is 0 Å². The molecule has 2 N–H and O–H groups in total. The molecular formula is C20H33N3O. The predicted octanol–water partition coefficient (Wildman–Crippen LogP) is 3.92. The van der Waals surface area contributed by atoms with E-state index in [1.54, 1.807) is 12.3 Å². The second-order valence-corrected chi connectivity index (χ2v) is 5.41. The third kappa shape index (κ3) is 9.98. The molecule has 0 bridgehead atoms. The van der Waals surface area contributed by atoms with Crippen LogP contribution in [0.2, 0.25) is 0 Å². The van der Waals surface area contributed by atoms with Gasteiger partial charge in [0.05, 0.1) is 6.04 Å². The molecule has 0 aliphatic rings. The van der Waals surface area contributed by atoms with Crippen molar-refractivity contribution >= 4 is 0 Å². The number of hydrogen-bond donors (Lipinski definition) is 1. The number of pyridine rings is 1. The van der Waals surface area contributed by atoms with Gasteiger partial charge in [0.25, 0.3) is 0 Å². The smallest absolute Gasteiger partial charge is 0.115 e. The van der Waals surface area contributed by atoms with Crippen LogP contribution in [0.25, 0.3) is 0 Å². The SMILES string of the molecule is C=C/C(C)=C\C(=C/C)OCC(N)CN(C)Cc1cccnc1.CC. The zero-order valence-corrected chi connectivity index (χ0v) is 15.8. The molecule has 0 amide bonds. The lowest BCUT2D eigenvalue weighted by molar-refractivity contribution is 0.178.